The fraction of sp³-hybridized carbons (Fsp3) is 0.304. The largest absolute Gasteiger partial charge is 0.494 e. The molecule has 33 heavy (non-hydrogen) atoms. The molecule has 3 aromatic rings. The number of aryl methyl sites for hydroxylation is 1. The Balaban J connectivity index is 1.93. The summed E-state index contributed by atoms with van der Waals surface area (Å²) < 4.78 is 18.2. The number of terminal acetylenes is 1. The number of ether oxygens (including phenoxy) is 3. The van der Waals surface area contributed by atoms with E-state index in [1.807, 2.05) is 42.7 Å². The van der Waals surface area contributed by atoms with Crippen molar-refractivity contribution in [2.75, 3.05) is 26.9 Å². The van der Waals surface area contributed by atoms with Gasteiger partial charge in [0.1, 0.15) is 23.4 Å². The molecule has 0 amide bonds. The highest BCUT2D eigenvalue weighted by molar-refractivity contribution is 7.99. The van der Waals surface area contributed by atoms with E-state index in [0.29, 0.717) is 34.7 Å². The maximum atomic E-state index is 11.5. The van der Waals surface area contributed by atoms with Gasteiger partial charge in [0.05, 0.1) is 13.7 Å². The first kappa shape index (κ1) is 23.9. The van der Waals surface area contributed by atoms with Crippen molar-refractivity contribution in [3.05, 3.63) is 64.0 Å². The highest BCUT2D eigenvalue weighted by atomic mass is 32.2. The molecule has 0 spiro atoms. The maximum absolute atomic E-state index is 11.5. The van der Waals surface area contributed by atoms with E-state index in [0.717, 1.165) is 11.4 Å². The van der Waals surface area contributed by atoms with Crippen LogP contribution in [-0.2, 0) is 0 Å². The summed E-state index contributed by atoms with van der Waals surface area (Å²) in [4.78, 5) is 11.1. The average Bonchev–Trinajstić information content (AvgIpc) is 3.17. The van der Waals surface area contributed by atoms with Crippen molar-refractivity contribution < 1.29 is 19.1 Å². The number of hydrogen-bond donors (Lipinski definition) is 0. The minimum atomic E-state index is -0.541. The summed E-state index contributed by atoms with van der Waals surface area (Å²) >= 11 is 1.26. The van der Waals surface area contributed by atoms with E-state index < -0.39 is 5.25 Å². The molecule has 0 aliphatic carbocycles. The number of hydrogen-bond acceptors (Lipinski definition) is 8. The van der Waals surface area contributed by atoms with Gasteiger partial charge in [-0.05, 0) is 55.8 Å². The van der Waals surface area contributed by atoms with Gasteiger partial charge in [-0.3, -0.25) is 14.7 Å². The normalized spacial score (nSPS) is 11.5. The van der Waals surface area contributed by atoms with Crippen LogP contribution in [0.4, 0.5) is 0 Å². The van der Waals surface area contributed by atoms with Crippen LogP contribution in [-0.4, -0.2) is 46.6 Å². The molecule has 0 saturated carbocycles. The topological polar surface area (TPSA) is 102 Å². The number of nitrogens with zero attached hydrogens (tertiary/aromatic N) is 4. The van der Waals surface area contributed by atoms with Gasteiger partial charge in [-0.2, -0.15) is 0 Å². The Kier molecular flexibility index (Phi) is 8.16. The fourth-order valence-electron chi connectivity index (χ4n) is 3.17. The average molecular weight is 469 g/mol. The van der Waals surface area contributed by atoms with Gasteiger partial charge in [0, 0.05) is 10.6 Å². The van der Waals surface area contributed by atoms with Crippen LogP contribution in [0.25, 0.3) is 5.69 Å². The van der Waals surface area contributed by atoms with Gasteiger partial charge in [-0.25, -0.2) is 0 Å². The standard InChI is InChI=1S/C23H24N4O5S/c1-5-13-32-20-12-7-17(14-21(20)30-4)22(15-26(28)29)33-23-25-24-16(3)27(23)18-8-10-19(11-9-18)31-6-2/h1,7-12,14,22H,6,13,15H2,2-4H3/t22-/m0/s1. The molecule has 2 aromatic carbocycles. The quantitative estimate of drug-likeness (QED) is 0.179. The molecule has 3 rings (SSSR count). The fourth-order valence-corrected chi connectivity index (χ4v) is 4.34. The van der Waals surface area contributed by atoms with E-state index in [1.54, 1.807) is 18.2 Å². The van der Waals surface area contributed by atoms with Crippen LogP contribution in [0.5, 0.6) is 17.2 Å². The Morgan fingerprint density at radius 1 is 1.18 bits per heavy atom. The predicted molar refractivity (Wildman–Crippen MR) is 125 cm³/mol. The van der Waals surface area contributed by atoms with Gasteiger partial charge in [0.2, 0.25) is 6.54 Å². The lowest BCUT2D eigenvalue weighted by Crippen LogP contribution is -2.11. The molecule has 9 nitrogen and oxygen atoms in total. The zero-order valence-corrected chi connectivity index (χ0v) is 19.4. The van der Waals surface area contributed by atoms with Crippen LogP contribution < -0.4 is 14.2 Å². The minimum absolute atomic E-state index is 0.0905. The zero-order valence-electron chi connectivity index (χ0n) is 18.6. The van der Waals surface area contributed by atoms with Crippen LogP contribution in [0.15, 0.2) is 47.6 Å². The van der Waals surface area contributed by atoms with Gasteiger partial charge in [-0.1, -0.05) is 23.7 Å². The lowest BCUT2D eigenvalue weighted by molar-refractivity contribution is -0.479. The highest BCUT2D eigenvalue weighted by Gasteiger charge is 2.25. The van der Waals surface area contributed by atoms with Crippen molar-refractivity contribution >= 4 is 11.8 Å². The Morgan fingerprint density at radius 3 is 2.58 bits per heavy atom. The molecule has 0 radical (unpaired) electrons. The summed E-state index contributed by atoms with van der Waals surface area (Å²) in [5.41, 5.74) is 1.53. The summed E-state index contributed by atoms with van der Waals surface area (Å²) in [6, 6.07) is 12.7. The second kappa shape index (κ2) is 11.2. The second-order valence-electron chi connectivity index (χ2n) is 6.82. The van der Waals surface area contributed by atoms with E-state index in [9.17, 15) is 10.1 Å². The van der Waals surface area contributed by atoms with Gasteiger partial charge in [-0.15, -0.1) is 16.6 Å². The number of aromatic nitrogens is 3. The van der Waals surface area contributed by atoms with Crippen LogP contribution in [0, 0.1) is 29.4 Å². The highest BCUT2D eigenvalue weighted by Crippen LogP contribution is 2.39. The Morgan fingerprint density at radius 2 is 1.94 bits per heavy atom. The van der Waals surface area contributed by atoms with Crippen molar-refractivity contribution in [2.45, 2.75) is 24.3 Å². The number of rotatable bonds is 11. The van der Waals surface area contributed by atoms with E-state index >= 15 is 0 Å². The SMILES string of the molecule is C#CCOc1ccc([C@H](C[N+](=O)[O-])Sc2nnc(C)n2-c2ccc(OCC)cc2)cc1OC. The maximum Gasteiger partial charge on any atom is 0.220 e. The lowest BCUT2D eigenvalue weighted by Gasteiger charge is -2.16. The Bertz CT molecular complexity index is 1140. The predicted octanol–water partition coefficient (Wildman–Crippen LogP) is 4.11. The molecule has 0 aliphatic heterocycles. The molecule has 0 unspecified atom stereocenters. The molecule has 172 valence electrons. The van der Waals surface area contributed by atoms with E-state index in [1.165, 1.54) is 18.9 Å². The van der Waals surface area contributed by atoms with Crippen molar-refractivity contribution in [3.8, 4) is 35.3 Å². The Labute approximate surface area is 196 Å². The smallest absolute Gasteiger partial charge is 0.220 e. The van der Waals surface area contributed by atoms with Crippen LogP contribution in [0.1, 0.15) is 23.6 Å². The van der Waals surface area contributed by atoms with Crippen LogP contribution in [0.2, 0.25) is 0 Å². The molecule has 0 bridgehead atoms. The minimum Gasteiger partial charge on any atom is -0.494 e. The molecule has 10 heteroatoms. The molecule has 0 fully saturated rings. The van der Waals surface area contributed by atoms with Crippen molar-refractivity contribution in [1.82, 2.24) is 14.8 Å². The van der Waals surface area contributed by atoms with Crippen molar-refractivity contribution in [2.24, 2.45) is 0 Å². The molecule has 0 aliphatic rings. The Hall–Kier alpha value is -3.71. The second-order valence-corrected chi connectivity index (χ2v) is 7.99. The summed E-state index contributed by atoms with van der Waals surface area (Å²) in [7, 11) is 1.50. The summed E-state index contributed by atoms with van der Waals surface area (Å²) in [5.74, 6) is 4.74. The number of nitro groups is 1. The number of methoxy groups -OCH3 is 1. The van der Waals surface area contributed by atoms with Gasteiger partial charge in [0.25, 0.3) is 0 Å². The molecular weight excluding hydrogens is 444 g/mol. The van der Waals surface area contributed by atoms with Crippen molar-refractivity contribution in [3.63, 3.8) is 0 Å². The summed E-state index contributed by atoms with van der Waals surface area (Å²) in [5, 5.41) is 19.9. The monoisotopic (exact) mass is 468 g/mol. The van der Waals surface area contributed by atoms with Crippen molar-refractivity contribution in [1.29, 1.82) is 0 Å². The third kappa shape index (κ3) is 5.96. The molecule has 0 saturated heterocycles. The molecule has 0 N–H and O–H groups in total. The van der Waals surface area contributed by atoms with E-state index in [2.05, 4.69) is 16.1 Å². The number of thioether (sulfide) groups is 1. The molecule has 1 aromatic heterocycles. The third-order valence-electron chi connectivity index (χ3n) is 4.63. The van der Waals surface area contributed by atoms with Crippen LogP contribution in [0.3, 0.4) is 0 Å². The lowest BCUT2D eigenvalue weighted by atomic mass is 10.1. The molecular formula is C23H24N4O5S. The first-order valence-corrected chi connectivity index (χ1v) is 11.0. The first-order valence-electron chi connectivity index (χ1n) is 10.1. The first-order chi connectivity index (χ1) is 16.0. The molecule has 1 atom stereocenters. The molecule has 1 heterocycles. The summed E-state index contributed by atoms with van der Waals surface area (Å²) in [6.07, 6.45) is 5.26. The zero-order chi connectivity index (χ0) is 23.8. The number of benzene rings is 2. The van der Waals surface area contributed by atoms with Gasteiger partial charge in [0.15, 0.2) is 16.7 Å². The van der Waals surface area contributed by atoms with E-state index in [4.69, 9.17) is 20.6 Å². The van der Waals surface area contributed by atoms with Gasteiger partial charge < -0.3 is 14.2 Å². The van der Waals surface area contributed by atoms with E-state index in [-0.39, 0.29) is 18.1 Å². The third-order valence-corrected chi connectivity index (χ3v) is 5.81. The summed E-state index contributed by atoms with van der Waals surface area (Å²) in [6.45, 7) is 4.10. The van der Waals surface area contributed by atoms with Crippen LogP contribution >= 0.6 is 11.8 Å². The van der Waals surface area contributed by atoms with Gasteiger partial charge >= 0.3 is 0 Å².